The van der Waals surface area contributed by atoms with E-state index in [2.05, 4.69) is 11.3 Å². The van der Waals surface area contributed by atoms with Crippen LogP contribution in [0.4, 0.5) is 0 Å². The first-order valence-electron chi connectivity index (χ1n) is 5.06. The second-order valence-corrected chi connectivity index (χ2v) is 3.38. The molecule has 1 unspecified atom stereocenters. The van der Waals surface area contributed by atoms with Crippen molar-refractivity contribution in [3.63, 3.8) is 0 Å². The number of hydrogen-bond donors (Lipinski definition) is 0. The van der Waals surface area contributed by atoms with Crippen molar-refractivity contribution >= 4 is 18.0 Å². The van der Waals surface area contributed by atoms with Gasteiger partial charge < -0.3 is 13.9 Å². The van der Waals surface area contributed by atoms with Crippen LogP contribution in [-0.2, 0) is 19.1 Å². The predicted molar refractivity (Wildman–Crippen MR) is 59.9 cm³/mol. The first kappa shape index (κ1) is 13.0. The van der Waals surface area contributed by atoms with E-state index in [-0.39, 0.29) is 6.79 Å². The van der Waals surface area contributed by atoms with Gasteiger partial charge in [0.25, 0.3) is 0 Å². The molecule has 1 aromatic rings. The molecule has 1 atom stereocenters. The zero-order valence-corrected chi connectivity index (χ0v) is 9.76. The van der Waals surface area contributed by atoms with Crippen molar-refractivity contribution in [3.8, 4) is 0 Å². The van der Waals surface area contributed by atoms with E-state index in [0.717, 1.165) is 0 Å². The number of hydrogen-bond acceptors (Lipinski definition) is 5. The van der Waals surface area contributed by atoms with E-state index in [4.69, 9.17) is 9.15 Å². The van der Waals surface area contributed by atoms with Crippen molar-refractivity contribution in [1.29, 1.82) is 0 Å². The molecular weight excluding hydrogens is 224 g/mol. The van der Waals surface area contributed by atoms with Crippen molar-refractivity contribution in [2.24, 2.45) is 0 Å². The number of ether oxygens (including phenoxy) is 2. The minimum Gasteiger partial charge on any atom is -0.461 e. The Hall–Kier alpha value is -2.04. The molecule has 0 saturated carbocycles. The monoisotopic (exact) mass is 238 g/mol. The van der Waals surface area contributed by atoms with Crippen LogP contribution in [0.2, 0.25) is 0 Å². The van der Waals surface area contributed by atoms with E-state index in [1.54, 1.807) is 25.1 Å². The average Bonchev–Trinajstić information content (AvgIpc) is 2.75. The Morgan fingerprint density at radius 3 is 2.71 bits per heavy atom. The molecule has 0 aliphatic carbocycles. The average molecular weight is 238 g/mol. The maximum Gasteiger partial charge on any atom is 0.319 e. The fourth-order valence-corrected chi connectivity index (χ4v) is 1.12. The van der Waals surface area contributed by atoms with E-state index in [9.17, 15) is 9.59 Å². The Balaban J connectivity index is 2.51. The lowest BCUT2D eigenvalue weighted by Gasteiger charge is -2.08. The van der Waals surface area contributed by atoms with E-state index in [0.29, 0.717) is 11.5 Å². The third kappa shape index (κ3) is 3.79. The van der Waals surface area contributed by atoms with Crippen molar-refractivity contribution in [2.45, 2.75) is 19.8 Å². The highest BCUT2D eigenvalue weighted by Crippen LogP contribution is 2.20. The molecule has 0 spiro atoms. The molecule has 0 bridgehead atoms. The summed E-state index contributed by atoms with van der Waals surface area (Å²) in [4.78, 5) is 22.0. The fraction of sp³-hybridized carbons (Fsp3) is 0.333. The molecule has 1 rings (SSSR count). The molecule has 92 valence electrons. The SMILES string of the molecule is C=Cc1ccc(C(C)C(=O)OCOC(C)=O)o1. The quantitative estimate of drug-likeness (QED) is 0.580. The number of furan rings is 1. The zero-order valence-electron chi connectivity index (χ0n) is 9.76. The summed E-state index contributed by atoms with van der Waals surface area (Å²) < 4.78 is 14.6. The van der Waals surface area contributed by atoms with Gasteiger partial charge in [0.15, 0.2) is 0 Å². The normalized spacial score (nSPS) is 11.6. The summed E-state index contributed by atoms with van der Waals surface area (Å²) >= 11 is 0. The molecule has 5 nitrogen and oxygen atoms in total. The van der Waals surface area contributed by atoms with Gasteiger partial charge in [-0.3, -0.25) is 9.59 Å². The maximum atomic E-state index is 11.5. The Morgan fingerprint density at radius 1 is 1.47 bits per heavy atom. The Morgan fingerprint density at radius 2 is 2.18 bits per heavy atom. The van der Waals surface area contributed by atoms with Crippen LogP contribution in [0, 0.1) is 0 Å². The summed E-state index contributed by atoms with van der Waals surface area (Å²) in [5.74, 6) is -0.514. The van der Waals surface area contributed by atoms with Gasteiger partial charge in [0.2, 0.25) is 6.79 Å². The highest BCUT2D eigenvalue weighted by atomic mass is 16.7. The minimum atomic E-state index is -0.556. The lowest BCUT2D eigenvalue weighted by atomic mass is 10.1. The molecule has 0 saturated heterocycles. The number of rotatable bonds is 5. The van der Waals surface area contributed by atoms with Crippen LogP contribution in [0.25, 0.3) is 6.08 Å². The summed E-state index contributed by atoms with van der Waals surface area (Å²) in [6.45, 7) is 6.05. The smallest absolute Gasteiger partial charge is 0.319 e. The molecule has 0 aromatic carbocycles. The van der Waals surface area contributed by atoms with Crippen molar-refractivity contribution in [1.82, 2.24) is 0 Å². The lowest BCUT2D eigenvalue weighted by Crippen LogP contribution is -2.16. The van der Waals surface area contributed by atoms with Crippen molar-refractivity contribution < 1.29 is 23.5 Å². The summed E-state index contributed by atoms with van der Waals surface area (Å²) in [6.07, 6.45) is 1.54. The summed E-state index contributed by atoms with van der Waals surface area (Å²) in [5, 5.41) is 0. The lowest BCUT2D eigenvalue weighted by molar-refractivity contribution is -0.166. The molecule has 0 fully saturated rings. The molecular formula is C12H14O5. The van der Waals surface area contributed by atoms with Gasteiger partial charge in [0, 0.05) is 6.92 Å². The zero-order chi connectivity index (χ0) is 12.8. The largest absolute Gasteiger partial charge is 0.461 e. The van der Waals surface area contributed by atoms with E-state index in [1.165, 1.54) is 6.92 Å². The van der Waals surface area contributed by atoms with E-state index >= 15 is 0 Å². The Bertz CT molecular complexity index is 418. The van der Waals surface area contributed by atoms with Crippen LogP contribution < -0.4 is 0 Å². The maximum absolute atomic E-state index is 11.5. The summed E-state index contributed by atoms with van der Waals surface area (Å²) in [6, 6.07) is 3.38. The molecule has 17 heavy (non-hydrogen) atoms. The Kier molecular flexibility index (Phi) is 4.51. The summed E-state index contributed by atoms with van der Waals surface area (Å²) in [7, 11) is 0. The number of carbonyl (C=O) groups is 2. The molecule has 0 aliphatic rings. The van der Waals surface area contributed by atoms with Crippen LogP contribution in [0.1, 0.15) is 31.3 Å². The third-order valence-corrected chi connectivity index (χ3v) is 2.09. The van der Waals surface area contributed by atoms with Crippen molar-refractivity contribution in [3.05, 3.63) is 30.2 Å². The van der Waals surface area contributed by atoms with Crippen LogP contribution in [-0.4, -0.2) is 18.7 Å². The molecule has 0 aliphatic heterocycles. The third-order valence-electron chi connectivity index (χ3n) is 2.09. The highest BCUT2D eigenvalue weighted by Gasteiger charge is 2.20. The van der Waals surface area contributed by atoms with Crippen LogP contribution in [0.15, 0.2) is 23.1 Å². The number of carbonyl (C=O) groups excluding carboxylic acids is 2. The summed E-state index contributed by atoms with van der Waals surface area (Å²) in [5.41, 5.74) is 0. The van der Waals surface area contributed by atoms with Crippen molar-refractivity contribution in [2.75, 3.05) is 6.79 Å². The molecule has 0 N–H and O–H groups in total. The number of esters is 2. The highest BCUT2D eigenvalue weighted by molar-refractivity contribution is 5.77. The molecule has 0 radical (unpaired) electrons. The molecule has 0 amide bonds. The second kappa shape index (κ2) is 5.89. The predicted octanol–water partition coefficient (Wildman–Crippen LogP) is 2.09. The van der Waals surface area contributed by atoms with Gasteiger partial charge in [-0.05, 0) is 25.1 Å². The Labute approximate surface area is 99.0 Å². The van der Waals surface area contributed by atoms with Crippen LogP contribution in [0.5, 0.6) is 0 Å². The topological polar surface area (TPSA) is 65.7 Å². The molecule has 5 heteroatoms. The first-order chi connectivity index (χ1) is 8.04. The van der Waals surface area contributed by atoms with E-state index < -0.39 is 17.9 Å². The fourth-order valence-electron chi connectivity index (χ4n) is 1.12. The van der Waals surface area contributed by atoms with Gasteiger partial charge in [-0.15, -0.1) is 0 Å². The second-order valence-electron chi connectivity index (χ2n) is 3.38. The molecule has 1 heterocycles. The van der Waals surface area contributed by atoms with Crippen LogP contribution in [0.3, 0.4) is 0 Å². The standard InChI is InChI=1S/C12H14O5/c1-4-10-5-6-11(17-10)8(2)12(14)16-7-15-9(3)13/h4-6,8H,1,7H2,2-3H3. The molecule has 1 aromatic heterocycles. The van der Waals surface area contributed by atoms with Gasteiger partial charge in [-0.25, -0.2) is 0 Å². The van der Waals surface area contributed by atoms with Gasteiger partial charge >= 0.3 is 11.9 Å². The van der Waals surface area contributed by atoms with E-state index in [1.807, 2.05) is 0 Å². The van der Waals surface area contributed by atoms with Gasteiger partial charge in [-0.1, -0.05) is 6.58 Å². The first-order valence-corrected chi connectivity index (χ1v) is 5.06. The van der Waals surface area contributed by atoms with Gasteiger partial charge in [0.05, 0.1) is 0 Å². The van der Waals surface area contributed by atoms with Gasteiger partial charge in [0.1, 0.15) is 17.4 Å². The minimum absolute atomic E-state index is 0.381. The van der Waals surface area contributed by atoms with Crippen LogP contribution >= 0.6 is 0 Å². The van der Waals surface area contributed by atoms with Gasteiger partial charge in [-0.2, -0.15) is 0 Å².